The van der Waals surface area contributed by atoms with Crippen LogP contribution in [0.1, 0.15) is 18.9 Å². The first kappa shape index (κ1) is 12.1. The Morgan fingerprint density at radius 1 is 1.18 bits per heavy atom. The summed E-state index contributed by atoms with van der Waals surface area (Å²) >= 11 is 1.65. The van der Waals surface area contributed by atoms with Gasteiger partial charge in [0.25, 0.3) is 0 Å². The highest BCUT2D eigenvalue weighted by Gasteiger charge is 2.03. The van der Waals surface area contributed by atoms with Crippen molar-refractivity contribution in [2.75, 3.05) is 6.26 Å². The van der Waals surface area contributed by atoms with Crippen molar-refractivity contribution in [1.29, 1.82) is 0 Å². The molecule has 88 valence electrons. The second-order valence-electron chi connectivity index (χ2n) is 3.86. The predicted molar refractivity (Wildman–Crippen MR) is 73.2 cm³/mol. The molecule has 3 heteroatoms. The number of nitrogens with zero attached hydrogens (tertiary/aromatic N) is 2. The minimum absolute atomic E-state index is 0.954. The van der Waals surface area contributed by atoms with Crippen LogP contribution in [0.3, 0.4) is 0 Å². The summed E-state index contributed by atoms with van der Waals surface area (Å²) in [5, 5.41) is 1.03. The maximum atomic E-state index is 4.56. The Balaban J connectivity index is 2.34. The molecule has 2 heterocycles. The Bertz CT molecular complexity index is 497. The minimum atomic E-state index is 0.954. The number of hydrogen-bond acceptors (Lipinski definition) is 3. The molecule has 2 aromatic heterocycles. The van der Waals surface area contributed by atoms with Crippen molar-refractivity contribution >= 4 is 11.8 Å². The average Bonchev–Trinajstić information content (AvgIpc) is 2.40. The van der Waals surface area contributed by atoms with Gasteiger partial charge >= 0.3 is 0 Å². The van der Waals surface area contributed by atoms with Crippen LogP contribution < -0.4 is 0 Å². The van der Waals surface area contributed by atoms with Crippen LogP contribution in [0.2, 0.25) is 0 Å². The quantitative estimate of drug-likeness (QED) is 0.765. The lowest BCUT2D eigenvalue weighted by atomic mass is 10.1. The summed E-state index contributed by atoms with van der Waals surface area (Å²) in [5.41, 5.74) is 3.25. The molecule has 0 amide bonds. The third-order valence-corrected chi connectivity index (χ3v) is 3.20. The molecule has 0 aliphatic carbocycles. The molecule has 0 fully saturated rings. The number of thioether (sulfide) groups is 1. The van der Waals surface area contributed by atoms with E-state index in [0.29, 0.717) is 0 Å². The van der Waals surface area contributed by atoms with E-state index in [-0.39, 0.29) is 0 Å². The van der Waals surface area contributed by atoms with Crippen LogP contribution in [0.15, 0.2) is 41.6 Å². The molecule has 17 heavy (non-hydrogen) atoms. The van der Waals surface area contributed by atoms with Crippen molar-refractivity contribution in [3.05, 3.63) is 42.1 Å². The second-order valence-corrected chi connectivity index (χ2v) is 4.69. The third-order valence-electron chi connectivity index (χ3n) is 2.56. The Hall–Kier alpha value is -1.35. The van der Waals surface area contributed by atoms with Crippen molar-refractivity contribution in [2.45, 2.75) is 24.8 Å². The van der Waals surface area contributed by atoms with Crippen LogP contribution in [0.4, 0.5) is 0 Å². The molecular formula is C14H16N2S. The summed E-state index contributed by atoms with van der Waals surface area (Å²) in [4.78, 5) is 8.96. The highest BCUT2D eigenvalue weighted by molar-refractivity contribution is 7.98. The molecule has 0 saturated carbocycles. The fraction of sp³-hybridized carbons (Fsp3) is 0.286. The SMILES string of the molecule is CCCc1ccnc(-c2cccc(SC)n2)c1. The lowest BCUT2D eigenvalue weighted by Gasteiger charge is -2.04. The van der Waals surface area contributed by atoms with Gasteiger partial charge in [0, 0.05) is 6.20 Å². The summed E-state index contributed by atoms with van der Waals surface area (Å²) < 4.78 is 0. The predicted octanol–water partition coefficient (Wildman–Crippen LogP) is 3.82. The number of rotatable bonds is 4. The Morgan fingerprint density at radius 2 is 2.06 bits per heavy atom. The van der Waals surface area contributed by atoms with Crippen LogP contribution in [0.5, 0.6) is 0 Å². The van der Waals surface area contributed by atoms with Crippen molar-refractivity contribution < 1.29 is 0 Å². The van der Waals surface area contributed by atoms with E-state index in [1.165, 1.54) is 5.56 Å². The van der Waals surface area contributed by atoms with Crippen LogP contribution in [-0.4, -0.2) is 16.2 Å². The summed E-state index contributed by atoms with van der Waals surface area (Å²) in [6.07, 6.45) is 6.15. The summed E-state index contributed by atoms with van der Waals surface area (Å²) in [6.45, 7) is 2.19. The van der Waals surface area contributed by atoms with E-state index in [2.05, 4.69) is 29.0 Å². The molecule has 0 spiro atoms. The van der Waals surface area contributed by atoms with Gasteiger partial charge in [-0.15, -0.1) is 11.8 Å². The molecule has 0 bridgehead atoms. The first-order valence-electron chi connectivity index (χ1n) is 5.80. The standard InChI is InChI=1S/C14H16N2S/c1-3-5-11-8-9-15-13(10-11)12-6-4-7-14(16-12)17-2/h4,6-10H,3,5H2,1-2H3. The van der Waals surface area contributed by atoms with Crippen LogP contribution in [-0.2, 0) is 6.42 Å². The first-order chi connectivity index (χ1) is 8.33. The molecule has 2 rings (SSSR count). The van der Waals surface area contributed by atoms with E-state index >= 15 is 0 Å². The van der Waals surface area contributed by atoms with E-state index < -0.39 is 0 Å². The van der Waals surface area contributed by atoms with E-state index in [9.17, 15) is 0 Å². The zero-order chi connectivity index (χ0) is 12.1. The monoisotopic (exact) mass is 244 g/mol. The molecule has 0 aliphatic heterocycles. The number of hydrogen-bond donors (Lipinski definition) is 0. The zero-order valence-electron chi connectivity index (χ0n) is 10.2. The first-order valence-corrected chi connectivity index (χ1v) is 7.02. The van der Waals surface area contributed by atoms with E-state index in [4.69, 9.17) is 0 Å². The lowest BCUT2D eigenvalue weighted by molar-refractivity contribution is 0.918. The largest absolute Gasteiger partial charge is 0.255 e. The molecule has 0 atom stereocenters. The molecule has 0 radical (unpaired) electrons. The maximum absolute atomic E-state index is 4.56. The molecular weight excluding hydrogens is 228 g/mol. The smallest absolute Gasteiger partial charge is 0.0965 e. The number of aryl methyl sites for hydroxylation is 1. The van der Waals surface area contributed by atoms with Gasteiger partial charge in [0.1, 0.15) is 0 Å². The van der Waals surface area contributed by atoms with Gasteiger partial charge in [0.05, 0.1) is 16.4 Å². The van der Waals surface area contributed by atoms with Gasteiger partial charge in [-0.1, -0.05) is 19.4 Å². The van der Waals surface area contributed by atoms with Gasteiger partial charge in [-0.3, -0.25) is 4.98 Å². The Kier molecular flexibility index (Phi) is 4.15. The normalized spacial score (nSPS) is 10.5. The zero-order valence-corrected chi connectivity index (χ0v) is 11.0. The topological polar surface area (TPSA) is 25.8 Å². The fourth-order valence-electron chi connectivity index (χ4n) is 1.73. The minimum Gasteiger partial charge on any atom is -0.255 e. The maximum Gasteiger partial charge on any atom is 0.0965 e. The third kappa shape index (κ3) is 3.07. The second kappa shape index (κ2) is 5.82. The van der Waals surface area contributed by atoms with Gasteiger partial charge in [-0.05, 0) is 42.5 Å². The van der Waals surface area contributed by atoms with E-state index in [1.807, 2.05) is 30.7 Å². The van der Waals surface area contributed by atoms with Crippen molar-refractivity contribution in [2.24, 2.45) is 0 Å². The van der Waals surface area contributed by atoms with Gasteiger partial charge < -0.3 is 0 Å². The summed E-state index contributed by atoms with van der Waals surface area (Å²) in [5.74, 6) is 0. The van der Waals surface area contributed by atoms with Gasteiger partial charge in [0.2, 0.25) is 0 Å². The van der Waals surface area contributed by atoms with Crippen LogP contribution in [0.25, 0.3) is 11.4 Å². The Labute approximate surface area is 107 Å². The average molecular weight is 244 g/mol. The molecule has 0 aromatic carbocycles. The van der Waals surface area contributed by atoms with Gasteiger partial charge in [-0.2, -0.15) is 0 Å². The lowest BCUT2D eigenvalue weighted by Crippen LogP contribution is -1.91. The molecule has 2 aromatic rings. The summed E-state index contributed by atoms with van der Waals surface area (Å²) in [7, 11) is 0. The van der Waals surface area contributed by atoms with Crippen LogP contribution >= 0.6 is 11.8 Å². The molecule has 0 aliphatic rings. The van der Waals surface area contributed by atoms with E-state index in [1.54, 1.807) is 11.8 Å². The Morgan fingerprint density at radius 3 is 2.82 bits per heavy atom. The molecule has 0 unspecified atom stereocenters. The van der Waals surface area contributed by atoms with Crippen molar-refractivity contribution in [3.63, 3.8) is 0 Å². The van der Waals surface area contributed by atoms with Gasteiger partial charge in [0.15, 0.2) is 0 Å². The number of pyridine rings is 2. The van der Waals surface area contributed by atoms with E-state index in [0.717, 1.165) is 29.3 Å². The highest BCUT2D eigenvalue weighted by Crippen LogP contribution is 2.19. The molecule has 0 saturated heterocycles. The van der Waals surface area contributed by atoms with Crippen LogP contribution in [0, 0.1) is 0 Å². The van der Waals surface area contributed by atoms with Gasteiger partial charge in [-0.25, -0.2) is 4.98 Å². The summed E-state index contributed by atoms with van der Waals surface area (Å²) in [6, 6.07) is 10.3. The molecule has 0 N–H and O–H groups in total. The number of aromatic nitrogens is 2. The van der Waals surface area contributed by atoms with Crippen molar-refractivity contribution in [1.82, 2.24) is 9.97 Å². The highest BCUT2D eigenvalue weighted by atomic mass is 32.2. The van der Waals surface area contributed by atoms with Crippen molar-refractivity contribution in [3.8, 4) is 11.4 Å². The molecule has 2 nitrogen and oxygen atoms in total. The fourth-order valence-corrected chi connectivity index (χ4v) is 2.13.